The summed E-state index contributed by atoms with van der Waals surface area (Å²) in [6.45, 7) is 9.73. The number of hydrogen-bond acceptors (Lipinski definition) is 3. The lowest BCUT2D eigenvalue weighted by atomic mass is 10.1. The van der Waals surface area contributed by atoms with Gasteiger partial charge in [0.15, 0.2) is 0 Å². The molecule has 5 heteroatoms. The normalized spacial score (nSPS) is 14.7. The number of rotatable bonds is 10. The van der Waals surface area contributed by atoms with Crippen molar-refractivity contribution in [2.75, 3.05) is 5.88 Å². The highest BCUT2D eigenvalue weighted by Gasteiger charge is 2.15. The number of hydrogen-bond donors (Lipinski definition) is 2. The summed E-state index contributed by atoms with van der Waals surface area (Å²) in [4.78, 5) is 10.2. The molecular weight excluding hydrogens is 400 g/mol. The largest absolute Gasteiger partial charge is 0.389 e. The Balaban J connectivity index is 2.53. The van der Waals surface area contributed by atoms with Crippen LogP contribution < -0.4 is 0 Å². The lowest BCUT2D eigenvalue weighted by molar-refractivity contribution is 0.228. The van der Waals surface area contributed by atoms with Gasteiger partial charge in [-0.25, -0.2) is 4.98 Å². The van der Waals surface area contributed by atoms with Crippen molar-refractivity contribution in [3.63, 3.8) is 0 Å². The van der Waals surface area contributed by atoms with E-state index in [0.717, 1.165) is 50.5 Å². The quantitative estimate of drug-likeness (QED) is 0.185. The first-order chi connectivity index (χ1) is 14.0. The monoisotopic (exact) mass is 428 g/mol. The molecule has 0 spiro atoms. The number of aromatic amines is 1. The van der Waals surface area contributed by atoms with Crippen LogP contribution in [-0.4, -0.2) is 27.1 Å². The van der Waals surface area contributed by atoms with Gasteiger partial charge in [-0.3, -0.25) is 0 Å². The van der Waals surface area contributed by atoms with E-state index in [2.05, 4.69) is 48.6 Å². The first-order valence-corrected chi connectivity index (χ1v) is 11.1. The molecule has 0 aliphatic carbocycles. The minimum Gasteiger partial charge on any atom is -0.389 e. The molecule has 1 atom stereocenters. The molecule has 0 saturated carbocycles. The molecule has 0 aliphatic rings. The van der Waals surface area contributed by atoms with Crippen LogP contribution in [-0.2, 0) is 0 Å². The predicted molar refractivity (Wildman–Crippen MR) is 128 cm³/mol. The van der Waals surface area contributed by atoms with Gasteiger partial charge in [-0.05, 0) is 50.0 Å². The Kier molecular flexibility index (Phi) is 9.52. The highest BCUT2D eigenvalue weighted by atomic mass is 35.5. The average Bonchev–Trinajstić information content (AvgIpc) is 3.08. The van der Waals surface area contributed by atoms with E-state index in [-0.39, 0.29) is 0 Å². The molecule has 0 fully saturated rings. The standard InChI is InChI=1S/C24H29ClN2OS/c1-5-7-10-20(11-8-15-25)29-23-21-12-9-16-26-24(21)27-22(23)17(3)13-14-19(6-2)18(4)28/h5,8-14,16,18,28H,1,6-7,15H2,2-4H3,(H,26,27)/b11-8-,17-13+,19-14+,20-10+. The SMILES string of the molecule is C=CC/C=C(\C=C/CCl)Sc1c(/C(C)=C/C=C(\CC)C(C)O)[nH]c2ncccc12. The van der Waals surface area contributed by atoms with Crippen LogP contribution in [0.2, 0.25) is 0 Å². The minimum absolute atomic E-state index is 0.448. The van der Waals surface area contributed by atoms with Crippen LogP contribution in [0.15, 0.2) is 76.7 Å². The first kappa shape index (κ1) is 23.3. The molecule has 2 aromatic heterocycles. The predicted octanol–water partition coefficient (Wildman–Crippen LogP) is 7.03. The van der Waals surface area contributed by atoms with Crippen LogP contribution >= 0.6 is 23.4 Å². The molecule has 0 aliphatic heterocycles. The van der Waals surface area contributed by atoms with E-state index in [1.54, 1.807) is 24.9 Å². The van der Waals surface area contributed by atoms with Crippen molar-refractivity contribution >= 4 is 40.0 Å². The smallest absolute Gasteiger partial charge is 0.138 e. The van der Waals surface area contributed by atoms with Crippen LogP contribution in [0.3, 0.4) is 0 Å². The number of alkyl halides is 1. The van der Waals surface area contributed by atoms with E-state index in [9.17, 15) is 5.11 Å². The Morgan fingerprint density at radius 1 is 1.41 bits per heavy atom. The van der Waals surface area contributed by atoms with E-state index >= 15 is 0 Å². The third kappa shape index (κ3) is 6.49. The van der Waals surface area contributed by atoms with E-state index in [1.165, 1.54) is 0 Å². The highest BCUT2D eigenvalue weighted by molar-refractivity contribution is 8.03. The van der Waals surface area contributed by atoms with Crippen molar-refractivity contribution in [2.45, 2.75) is 44.6 Å². The van der Waals surface area contributed by atoms with E-state index in [4.69, 9.17) is 11.6 Å². The van der Waals surface area contributed by atoms with E-state index in [0.29, 0.717) is 5.88 Å². The second-order valence-electron chi connectivity index (χ2n) is 6.64. The van der Waals surface area contributed by atoms with Crippen LogP contribution in [0.25, 0.3) is 16.6 Å². The number of allylic oxidation sites excluding steroid dienone is 7. The highest BCUT2D eigenvalue weighted by Crippen LogP contribution is 2.39. The lowest BCUT2D eigenvalue weighted by Crippen LogP contribution is -2.02. The molecule has 29 heavy (non-hydrogen) atoms. The topological polar surface area (TPSA) is 48.9 Å². The van der Waals surface area contributed by atoms with Crippen molar-refractivity contribution in [3.8, 4) is 0 Å². The number of aliphatic hydroxyl groups is 1. The zero-order valence-corrected chi connectivity index (χ0v) is 18.9. The number of thioether (sulfide) groups is 1. The second kappa shape index (κ2) is 11.9. The Labute approximate surface area is 183 Å². The van der Waals surface area contributed by atoms with Crippen molar-refractivity contribution in [1.29, 1.82) is 0 Å². The number of aliphatic hydroxyl groups excluding tert-OH is 1. The maximum absolute atomic E-state index is 9.89. The summed E-state index contributed by atoms with van der Waals surface area (Å²) < 4.78 is 0. The zero-order valence-electron chi connectivity index (χ0n) is 17.3. The number of nitrogens with one attached hydrogen (secondary N) is 1. The Morgan fingerprint density at radius 2 is 2.21 bits per heavy atom. The maximum Gasteiger partial charge on any atom is 0.138 e. The van der Waals surface area contributed by atoms with Crippen molar-refractivity contribution in [3.05, 3.63) is 77.5 Å². The Bertz CT molecular complexity index is 951. The van der Waals surface area contributed by atoms with Crippen molar-refractivity contribution in [1.82, 2.24) is 9.97 Å². The van der Waals surface area contributed by atoms with Gasteiger partial charge >= 0.3 is 0 Å². The number of aromatic nitrogens is 2. The summed E-state index contributed by atoms with van der Waals surface area (Å²) in [5.41, 5.74) is 3.98. The molecule has 0 saturated heterocycles. The molecule has 2 aromatic rings. The number of halogens is 1. The molecule has 0 bridgehead atoms. The molecule has 0 amide bonds. The van der Waals surface area contributed by atoms with Crippen molar-refractivity contribution in [2.24, 2.45) is 0 Å². The lowest BCUT2D eigenvalue weighted by Gasteiger charge is -2.08. The molecule has 2 rings (SSSR count). The van der Waals surface area contributed by atoms with Crippen LogP contribution in [0, 0.1) is 0 Å². The summed E-state index contributed by atoms with van der Waals surface area (Å²) in [5, 5.41) is 11.0. The molecular formula is C24H29ClN2OS. The third-order valence-electron chi connectivity index (χ3n) is 4.49. The van der Waals surface area contributed by atoms with Gasteiger partial charge in [0, 0.05) is 27.3 Å². The number of H-pyrrole nitrogens is 1. The van der Waals surface area contributed by atoms with Crippen LogP contribution in [0.5, 0.6) is 0 Å². The summed E-state index contributed by atoms with van der Waals surface area (Å²) in [5.74, 6) is 0.469. The Hall–Kier alpha value is -2.01. The maximum atomic E-state index is 9.89. The van der Waals surface area contributed by atoms with Crippen LogP contribution in [0.1, 0.15) is 39.3 Å². The second-order valence-corrected chi connectivity index (χ2v) is 8.03. The zero-order chi connectivity index (χ0) is 21.2. The summed E-state index contributed by atoms with van der Waals surface area (Å²) >= 11 is 7.54. The summed E-state index contributed by atoms with van der Waals surface area (Å²) in [6.07, 6.45) is 15.0. The number of nitrogens with zero attached hydrogens (tertiary/aromatic N) is 1. The molecule has 3 nitrogen and oxygen atoms in total. The Morgan fingerprint density at radius 3 is 2.86 bits per heavy atom. The van der Waals surface area contributed by atoms with E-state index < -0.39 is 6.10 Å². The third-order valence-corrected chi connectivity index (χ3v) is 5.83. The molecule has 2 N–H and O–H groups in total. The van der Waals surface area contributed by atoms with Gasteiger partial charge in [-0.1, -0.05) is 55.1 Å². The van der Waals surface area contributed by atoms with E-state index in [1.807, 2.05) is 30.4 Å². The fourth-order valence-electron chi connectivity index (χ4n) is 2.87. The average molecular weight is 429 g/mol. The first-order valence-electron chi connectivity index (χ1n) is 9.75. The van der Waals surface area contributed by atoms with Crippen LogP contribution in [0.4, 0.5) is 0 Å². The fraction of sp³-hybridized carbons (Fsp3) is 0.292. The summed E-state index contributed by atoms with van der Waals surface area (Å²) in [7, 11) is 0. The number of pyridine rings is 1. The van der Waals surface area contributed by atoms with Gasteiger partial charge in [0.2, 0.25) is 0 Å². The fourth-order valence-corrected chi connectivity index (χ4v) is 4.13. The molecule has 0 radical (unpaired) electrons. The van der Waals surface area contributed by atoms with Gasteiger partial charge in [-0.15, -0.1) is 18.2 Å². The minimum atomic E-state index is -0.448. The molecule has 2 heterocycles. The van der Waals surface area contributed by atoms with Gasteiger partial charge in [0.05, 0.1) is 11.8 Å². The number of fused-ring (bicyclic) bond motifs is 1. The van der Waals surface area contributed by atoms with Gasteiger partial charge in [-0.2, -0.15) is 0 Å². The summed E-state index contributed by atoms with van der Waals surface area (Å²) in [6, 6.07) is 4.03. The van der Waals surface area contributed by atoms with Crippen molar-refractivity contribution < 1.29 is 5.11 Å². The molecule has 154 valence electrons. The van der Waals surface area contributed by atoms with Gasteiger partial charge in [0.25, 0.3) is 0 Å². The van der Waals surface area contributed by atoms with Gasteiger partial charge < -0.3 is 10.1 Å². The molecule has 0 aromatic carbocycles. The van der Waals surface area contributed by atoms with Gasteiger partial charge in [0.1, 0.15) is 5.65 Å². The molecule has 1 unspecified atom stereocenters.